The number of carbonyl (C=O) groups is 1. The molecular formula is C18H27N3O6. The lowest BCUT2D eigenvalue weighted by Crippen LogP contribution is -2.57. The van der Waals surface area contributed by atoms with Gasteiger partial charge in [-0.05, 0) is 33.3 Å². The largest absolute Gasteiger partial charge is 0.444 e. The van der Waals surface area contributed by atoms with E-state index in [0.717, 1.165) is 0 Å². The van der Waals surface area contributed by atoms with Crippen LogP contribution in [0.5, 0.6) is 0 Å². The molecule has 0 saturated carbocycles. The minimum atomic E-state index is -0.609. The van der Waals surface area contributed by atoms with Crippen LogP contribution >= 0.6 is 0 Å². The SMILES string of the molecule is Cc1cc([N+](=O)[O-])cc(CO)c1N1CCN(C(=O)OC(C)(C)C)CC1CO. The number of aryl methyl sites for hydroxylation is 1. The highest BCUT2D eigenvalue weighted by atomic mass is 16.6. The maximum atomic E-state index is 12.3. The second-order valence-electron chi connectivity index (χ2n) is 7.64. The van der Waals surface area contributed by atoms with E-state index in [0.29, 0.717) is 29.9 Å². The number of nitrogens with zero attached hydrogens (tertiary/aromatic N) is 3. The number of hydrogen-bond donors (Lipinski definition) is 2. The first-order valence-corrected chi connectivity index (χ1v) is 8.81. The van der Waals surface area contributed by atoms with Crippen LogP contribution < -0.4 is 4.90 Å². The zero-order valence-corrected chi connectivity index (χ0v) is 16.1. The molecule has 1 aliphatic rings. The third kappa shape index (κ3) is 4.86. The van der Waals surface area contributed by atoms with Gasteiger partial charge >= 0.3 is 6.09 Å². The van der Waals surface area contributed by atoms with Crippen LogP contribution in [0.3, 0.4) is 0 Å². The minimum absolute atomic E-state index is 0.0896. The van der Waals surface area contributed by atoms with Crippen LogP contribution in [0.2, 0.25) is 0 Å². The molecule has 9 nitrogen and oxygen atoms in total. The molecule has 1 heterocycles. The molecule has 0 spiro atoms. The Hall–Kier alpha value is -2.39. The standard InChI is InChI=1S/C18H27N3O6/c1-12-7-14(21(25)26)8-13(10-22)16(12)20-6-5-19(9-15(20)11-23)17(24)27-18(2,3)4/h7-8,15,22-23H,5-6,9-11H2,1-4H3. The van der Waals surface area contributed by atoms with Gasteiger partial charge in [0.05, 0.1) is 24.2 Å². The summed E-state index contributed by atoms with van der Waals surface area (Å²) in [5, 5.41) is 30.6. The summed E-state index contributed by atoms with van der Waals surface area (Å²) in [5.41, 5.74) is 1.02. The van der Waals surface area contributed by atoms with Crippen molar-refractivity contribution in [3.8, 4) is 0 Å². The van der Waals surface area contributed by atoms with Crippen molar-refractivity contribution in [2.75, 3.05) is 31.1 Å². The van der Waals surface area contributed by atoms with Crippen LogP contribution in [0.1, 0.15) is 31.9 Å². The normalized spacial score (nSPS) is 17.8. The third-order valence-corrected chi connectivity index (χ3v) is 4.38. The number of rotatable bonds is 4. The first-order chi connectivity index (χ1) is 12.6. The molecule has 1 unspecified atom stereocenters. The van der Waals surface area contributed by atoms with Gasteiger partial charge in [0.15, 0.2) is 0 Å². The van der Waals surface area contributed by atoms with E-state index in [1.165, 1.54) is 12.1 Å². The number of carbonyl (C=O) groups excluding carboxylic acids is 1. The highest BCUT2D eigenvalue weighted by Crippen LogP contribution is 2.33. The Morgan fingerprint density at radius 3 is 2.52 bits per heavy atom. The highest BCUT2D eigenvalue weighted by molar-refractivity contribution is 5.70. The van der Waals surface area contributed by atoms with Crippen molar-refractivity contribution >= 4 is 17.5 Å². The second-order valence-corrected chi connectivity index (χ2v) is 7.64. The molecule has 0 radical (unpaired) electrons. The number of ether oxygens (including phenoxy) is 1. The van der Waals surface area contributed by atoms with Crippen molar-refractivity contribution in [3.05, 3.63) is 33.4 Å². The molecule has 1 saturated heterocycles. The summed E-state index contributed by atoms with van der Waals surface area (Å²) in [6, 6.07) is 2.39. The average molecular weight is 381 g/mol. The number of anilines is 1. The summed E-state index contributed by atoms with van der Waals surface area (Å²) in [7, 11) is 0. The topological polar surface area (TPSA) is 116 Å². The van der Waals surface area contributed by atoms with Gasteiger partial charge in [-0.1, -0.05) is 0 Å². The molecule has 1 fully saturated rings. The predicted octanol–water partition coefficient (Wildman–Crippen LogP) is 1.81. The quantitative estimate of drug-likeness (QED) is 0.603. The summed E-state index contributed by atoms with van der Waals surface area (Å²) >= 11 is 0. The van der Waals surface area contributed by atoms with Gasteiger partial charge in [0, 0.05) is 43.0 Å². The van der Waals surface area contributed by atoms with E-state index >= 15 is 0 Å². The van der Waals surface area contributed by atoms with E-state index in [-0.39, 0.29) is 25.4 Å². The van der Waals surface area contributed by atoms with Crippen molar-refractivity contribution in [2.24, 2.45) is 0 Å². The lowest BCUT2D eigenvalue weighted by molar-refractivity contribution is -0.385. The fourth-order valence-electron chi connectivity index (χ4n) is 3.27. The van der Waals surface area contributed by atoms with Gasteiger partial charge in [-0.3, -0.25) is 10.1 Å². The fraction of sp³-hybridized carbons (Fsp3) is 0.611. The van der Waals surface area contributed by atoms with Crippen LogP contribution in [-0.4, -0.2) is 64.0 Å². The summed E-state index contributed by atoms with van der Waals surface area (Å²) < 4.78 is 5.39. The van der Waals surface area contributed by atoms with E-state index in [9.17, 15) is 25.1 Å². The van der Waals surface area contributed by atoms with Gasteiger partial charge in [-0.25, -0.2) is 4.79 Å². The molecule has 2 N–H and O–H groups in total. The molecule has 2 rings (SSSR count). The third-order valence-electron chi connectivity index (χ3n) is 4.38. The molecule has 27 heavy (non-hydrogen) atoms. The van der Waals surface area contributed by atoms with Crippen LogP contribution in [0.25, 0.3) is 0 Å². The first-order valence-electron chi connectivity index (χ1n) is 8.81. The maximum absolute atomic E-state index is 12.3. The molecule has 0 aliphatic carbocycles. The Morgan fingerprint density at radius 1 is 1.33 bits per heavy atom. The number of hydrogen-bond acceptors (Lipinski definition) is 7. The molecule has 1 aromatic rings. The fourth-order valence-corrected chi connectivity index (χ4v) is 3.27. The van der Waals surface area contributed by atoms with Crippen molar-refractivity contribution < 1.29 is 24.7 Å². The predicted molar refractivity (Wildman–Crippen MR) is 99.8 cm³/mol. The number of aliphatic hydroxyl groups excluding tert-OH is 2. The van der Waals surface area contributed by atoms with Gasteiger partial charge in [-0.2, -0.15) is 0 Å². The number of nitro benzene ring substituents is 1. The van der Waals surface area contributed by atoms with Crippen LogP contribution in [-0.2, 0) is 11.3 Å². The minimum Gasteiger partial charge on any atom is -0.444 e. The summed E-state index contributed by atoms with van der Waals surface area (Å²) in [6.07, 6.45) is -0.441. The monoisotopic (exact) mass is 381 g/mol. The Kier molecular flexibility index (Phi) is 6.27. The Bertz CT molecular complexity index is 716. The molecule has 1 aliphatic heterocycles. The number of amides is 1. The summed E-state index contributed by atoms with van der Waals surface area (Å²) in [4.78, 5) is 26.3. The lowest BCUT2D eigenvalue weighted by atomic mass is 10.0. The van der Waals surface area contributed by atoms with Crippen LogP contribution in [0.15, 0.2) is 12.1 Å². The first kappa shape index (κ1) is 20.9. The Balaban J connectivity index is 2.28. The number of nitro groups is 1. The van der Waals surface area contributed by atoms with Crippen LogP contribution in [0, 0.1) is 17.0 Å². The summed E-state index contributed by atoms with van der Waals surface area (Å²) in [6.45, 7) is 7.59. The average Bonchev–Trinajstić information content (AvgIpc) is 2.58. The molecule has 1 aromatic carbocycles. The molecule has 150 valence electrons. The van der Waals surface area contributed by atoms with Crippen molar-refractivity contribution in [2.45, 2.75) is 45.9 Å². The van der Waals surface area contributed by atoms with Gasteiger partial charge in [-0.15, -0.1) is 0 Å². The van der Waals surface area contributed by atoms with E-state index in [2.05, 4.69) is 0 Å². The second kappa shape index (κ2) is 8.10. The van der Waals surface area contributed by atoms with Crippen molar-refractivity contribution in [1.29, 1.82) is 0 Å². The van der Waals surface area contributed by atoms with E-state index in [1.807, 2.05) is 4.90 Å². The van der Waals surface area contributed by atoms with Crippen molar-refractivity contribution in [3.63, 3.8) is 0 Å². The number of non-ortho nitro benzene ring substituents is 1. The maximum Gasteiger partial charge on any atom is 0.410 e. The zero-order chi connectivity index (χ0) is 20.4. The van der Waals surface area contributed by atoms with Crippen LogP contribution in [0.4, 0.5) is 16.2 Å². The van der Waals surface area contributed by atoms with E-state index in [4.69, 9.17) is 4.74 Å². The lowest BCUT2D eigenvalue weighted by Gasteiger charge is -2.43. The molecular weight excluding hydrogens is 354 g/mol. The van der Waals surface area contributed by atoms with Gasteiger partial charge in [0.2, 0.25) is 0 Å². The summed E-state index contributed by atoms with van der Waals surface area (Å²) in [5.74, 6) is 0. The molecule has 0 aromatic heterocycles. The number of piperazine rings is 1. The van der Waals surface area contributed by atoms with Gasteiger partial charge in [0.25, 0.3) is 5.69 Å². The number of benzene rings is 1. The van der Waals surface area contributed by atoms with E-state index < -0.39 is 22.7 Å². The Morgan fingerprint density at radius 2 is 2.00 bits per heavy atom. The Labute approximate surface area is 158 Å². The molecule has 0 bridgehead atoms. The van der Waals surface area contributed by atoms with Gasteiger partial charge < -0.3 is 24.7 Å². The molecule has 9 heteroatoms. The van der Waals surface area contributed by atoms with E-state index in [1.54, 1.807) is 32.6 Å². The van der Waals surface area contributed by atoms with Crippen molar-refractivity contribution in [1.82, 2.24) is 4.90 Å². The highest BCUT2D eigenvalue weighted by Gasteiger charge is 2.33. The smallest absolute Gasteiger partial charge is 0.410 e. The number of aliphatic hydroxyl groups is 2. The zero-order valence-electron chi connectivity index (χ0n) is 16.1. The molecule has 1 amide bonds. The van der Waals surface area contributed by atoms with Gasteiger partial charge in [0.1, 0.15) is 5.60 Å². The molecule has 1 atom stereocenters.